The Morgan fingerprint density at radius 3 is 1.91 bits per heavy atom. The lowest BCUT2D eigenvalue weighted by Crippen LogP contribution is -2.36. The molecule has 2 aromatic rings. The average Bonchev–Trinajstić information content (AvgIpc) is 2.82. The van der Waals surface area contributed by atoms with Gasteiger partial charge in [0, 0.05) is 18.4 Å². The number of unbranched alkanes of at least 4 members (excludes halogenated alkanes) is 9. The first kappa shape index (κ1) is 25.8. The normalized spacial score (nSPS) is 11.8. The highest BCUT2D eigenvalue weighted by molar-refractivity contribution is 6.16. The predicted molar refractivity (Wildman–Crippen MR) is 132 cm³/mol. The van der Waals surface area contributed by atoms with Crippen LogP contribution in [0.2, 0.25) is 0 Å². The van der Waals surface area contributed by atoms with E-state index in [1.54, 1.807) is 24.3 Å². The molecule has 4 nitrogen and oxygen atoms in total. The van der Waals surface area contributed by atoms with Gasteiger partial charge in [0.25, 0.3) is 5.91 Å². The van der Waals surface area contributed by atoms with Crippen molar-refractivity contribution in [2.24, 2.45) is 0 Å². The van der Waals surface area contributed by atoms with E-state index in [1.807, 2.05) is 30.3 Å². The molecule has 0 fully saturated rings. The zero-order valence-corrected chi connectivity index (χ0v) is 19.8. The van der Waals surface area contributed by atoms with Gasteiger partial charge in [0.05, 0.1) is 0 Å². The molecule has 0 bridgehead atoms. The number of rotatable bonds is 16. The number of hydrogen-bond acceptors (Lipinski definition) is 3. The molecular formula is C28H39NO3. The van der Waals surface area contributed by atoms with Gasteiger partial charge < -0.3 is 10.1 Å². The molecule has 32 heavy (non-hydrogen) atoms. The van der Waals surface area contributed by atoms with E-state index in [1.165, 1.54) is 76.9 Å². The minimum Gasteiger partial charge on any atom is -0.364 e. The highest BCUT2D eigenvalue weighted by atomic mass is 16.5. The van der Waals surface area contributed by atoms with Crippen LogP contribution in [0.25, 0.3) is 0 Å². The number of ketones is 1. The van der Waals surface area contributed by atoms with Crippen molar-refractivity contribution < 1.29 is 14.3 Å². The average molecular weight is 438 g/mol. The molecule has 0 aromatic heterocycles. The van der Waals surface area contributed by atoms with Crippen LogP contribution in [-0.4, -0.2) is 24.9 Å². The molecule has 0 heterocycles. The Labute approximate surface area is 193 Å². The lowest BCUT2D eigenvalue weighted by atomic mass is 10.0. The molecule has 0 aliphatic heterocycles. The van der Waals surface area contributed by atoms with E-state index in [4.69, 9.17) is 4.74 Å². The smallest absolute Gasteiger partial charge is 0.261 e. The Bertz CT molecular complexity index is 786. The SMILES string of the molecule is CCCCCCCCCCCCc1ccc(NC(=O)C(OC)C(=O)c2ccccc2)cc1. The van der Waals surface area contributed by atoms with Crippen LogP contribution in [0.1, 0.15) is 87.1 Å². The summed E-state index contributed by atoms with van der Waals surface area (Å²) < 4.78 is 5.18. The molecule has 174 valence electrons. The van der Waals surface area contributed by atoms with Gasteiger partial charge in [-0.15, -0.1) is 0 Å². The van der Waals surface area contributed by atoms with Crippen molar-refractivity contribution in [1.29, 1.82) is 0 Å². The molecule has 1 amide bonds. The zero-order valence-electron chi connectivity index (χ0n) is 19.8. The van der Waals surface area contributed by atoms with Crippen LogP contribution in [0.15, 0.2) is 54.6 Å². The van der Waals surface area contributed by atoms with Crippen molar-refractivity contribution in [1.82, 2.24) is 0 Å². The van der Waals surface area contributed by atoms with E-state index in [2.05, 4.69) is 12.2 Å². The summed E-state index contributed by atoms with van der Waals surface area (Å²) in [5.74, 6) is -0.799. The first-order valence-corrected chi connectivity index (χ1v) is 12.2. The van der Waals surface area contributed by atoms with Gasteiger partial charge in [0.15, 0.2) is 6.10 Å². The second-order valence-corrected chi connectivity index (χ2v) is 8.46. The summed E-state index contributed by atoms with van der Waals surface area (Å²) >= 11 is 0. The second-order valence-electron chi connectivity index (χ2n) is 8.46. The van der Waals surface area contributed by atoms with E-state index < -0.39 is 12.0 Å². The van der Waals surface area contributed by atoms with Crippen LogP contribution in [0.5, 0.6) is 0 Å². The number of Topliss-reactive ketones (excluding diaryl/α,β-unsaturated/α-hetero) is 1. The number of ether oxygens (including phenoxy) is 1. The molecule has 0 spiro atoms. The summed E-state index contributed by atoms with van der Waals surface area (Å²) in [6.45, 7) is 2.26. The van der Waals surface area contributed by atoms with Crippen molar-refractivity contribution in [3.05, 3.63) is 65.7 Å². The summed E-state index contributed by atoms with van der Waals surface area (Å²) in [7, 11) is 1.38. The fourth-order valence-electron chi connectivity index (χ4n) is 3.87. The van der Waals surface area contributed by atoms with Crippen LogP contribution in [0.4, 0.5) is 5.69 Å². The summed E-state index contributed by atoms with van der Waals surface area (Å²) in [6, 6.07) is 16.6. The molecule has 0 radical (unpaired) electrons. The Kier molecular flexibility index (Phi) is 12.4. The maximum absolute atomic E-state index is 12.6. The number of hydrogen-bond donors (Lipinski definition) is 1. The third-order valence-corrected chi connectivity index (χ3v) is 5.81. The number of anilines is 1. The Morgan fingerprint density at radius 1 is 0.781 bits per heavy atom. The first-order chi connectivity index (χ1) is 15.7. The molecule has 1 unspecified atom stereocenters. The summed E-state index contributed by atoms with van der Waals surface area (Å²) in [5, 5.41) is 2.79. The lowest BCUT2D eigenvalue weighted by Gasteiger charge is -2.14. The van der Waals surface area contributed by atoms with E-state index in [0.29, 0.717) is 11.3 Å². The summed E-state index contributed by atoms with van der Waals surface area (Å²) in [4.78, 5) is 25.1. The third-order valence-electron chi connectivity index (χ3n) is 5.81. The van der Waals surface area contributed by atoms with Gasteiger partial charge in [-0.1, -0.05) is 107 Å². The molecule has 0 saturated carbocycles. The molecule has 1 atom stereocenters. The van der Waals surface area contributed by atoms with Crippen molar-refractivity contribution in [2.45, 2.75) is 83.7 Å². The Morgan fingerprint density at radius 2 is 1.34 bits per heavy atom. The van der Waals surface area contributed by atoms with Gasteiger partial charge in [-0.3, -0.25) is 9.59 Å². The number of carbonyl (C=O) groups excluding carboxylic acids is 2. The fourth-order valence-corrected chi connectivity index (χ4v) is 3.87. The number of aryl methyl sites for hydroxylation is 1. The van der Waals surface area contributed by atoms with Gasteiger partial charge >= 0.3 is 0 Å². The van der Waals surface area contributed by atoms with E-state index >= 15 is 0 Å². The zero-order chi connectivity index (χ0) is 23.0. The summed E-state index contributed by atoms with van der Waals surface area (Å²) in [5.41, 5.74) is 2.40. The number of carbonyl (C=O) groups is 2. The monoisotopic (exact) mass is 437 g/mol. The molecule has 1 N–H and O–H groups in total. The van der Waals surface area contributed by atoms with Crippen LogP contribution in [-0.2, 0) is 16.0 Å². The van der Waals surface area contributed by atoms with Crippen molar-refractivity contribution >= 4 is 17.4 Å². The minimum absolute atomic E-state index is 0.344. The van der Waals surface area contributed by atoms with Crippen molar-refractivity contribution in [3.8, 4) is 0 Å². The number of amides is 1. The minimum atomic E-state index is -1.16. The molecule has 4 heteroatoms. The Balaban J connectivity index is 1.68. The van der Waals surface area contributed by atoms with Crippen LogP contribution in [0.3, 0.4) is 0 Å². The van der Waals surface area contributed by atoms with Crippen LogP contribution in [0, 0.1) is 0 Å². The maximum atomic E-state index is 12.6. The molecule has 0 aliphatic carbocycles. The molecular weight excluding hydrogens is 398 g/mol. The molecule has 2 rings (SSSR count). The van der Waals surface area contributed by atoms with Gasteiger partial charge in [0.2, 0.25) is 5.78 Å². The highest BCUT2D eigenvalue weighted by Gasteiger charge is 2.27. The Hall–Kier alpha value is -2.46. The van der Waals surface area contributed by atoms with Crippen molar-refractivity contribution in [2.75, 3.05) is 12.4 Å². The second kappa shape index (κ2) is 15.4. The van der Waals surface area contributed by atoms with Crippen LogP contribution < -0.4 is 5.32 Å². The van der Waals surface area contributed by atoms with Gasteiger partial charge in [0.1, 0.15) is 0 Å². The number of methoxy groups -OCH3 is 1. The number of benzene rings is 2. The molecule has 2 aromatic carbocycles. The maximum Gasteiger partial charge on any atom is 0.261 e. The highest BCUT2D eigenvalue weighted by Crippen LogP contribution is 2.16. The first-order valence-electron chi connectivity index (χ1n) is 12.2. The predicted octanol–water partition coefficient (Wildman–Crippen LogP) is 6.99. The fraction of sp³-hybridized carbons (Fsp3) is 0.500. The standard InChI is InChI=1S/C28H39NO3/c1-3-4-5-6-7-8-9-10-11-13-16-23-19-21-25(22-20-23)29-28(31)27(32-2)26(30)24-17-14-12-15-18-24/h12,14-15,17-22,27H,3-11,13,16H2,1-2H3,(H,29,31). The van der Waals surface area contributed by atoms with Gasteiger partial charge in [-0.2, -0.15) is 0 Å². The third kappa shape index (κ3) is 9.35. The van der Waals surface area contributed by atoms with Crippen LogP contribution >= 0.6 is 0 Å². The number of nitrogens with one attached hydrogen (secondary N) is 1. The molecule has 0 aliphatic rings. The summed E-state index contributed by atoms with van der Waals surface area (Å²) in [6.07, 6.45) is 13.2. The van der Waals surface area contributed by atoms with E-state index in [0.717, 1.165) is 6.42 Å². The lowest BCUT2D eigenvalue weighted by molar-refractivity contribution is -0.123. The molecule has 0 saturated heterocycles. The van der Waals surface area contributed by atoms with E-state index in [-0.39, 0.29) is 5.78 Å². The topological polar surface area (TPSA) is 55.4 Å². The van der Waals surface area contributed by atoms with Gasteiger partial charge in [-0.05, 0) is 30.5 Å². The largest absolute Gasteiger partial charge is 0.364 e. The van der Waals surface area contributed by atoms with Crippen molar-refractivity contribution in [3.63, 3.8) is 0 Å². The van der Waals surface area contributed by atoms with E-state index in [9.17, 15) is 9.59 Å². The quantitative estimate of drug-likeness (QED) is 0.175. The van der Waals surface area contributed by atoms with Gasteiger partial charge in [-0.25, -0.2) is 0 Å².